The van der Waals surface area contributed by atoms with Gasteiger partial charge >= 0.3 is 0 Å². The van der Waals surface area contributed by atoms with E-state index in [-0.39, 0.29) is 5.56 Å². The van der Waals surface area contributed by atoms with Gasteiger partial charge < -0.3 is 4.98 Å². The summed E-state index contributed by atoms with van der Waals surface area (Å²) in [5, 5.41) is 1.31. The van der Waals surface area contributed by atoms with Crippen molar-refractivity contribution < 1.29 is 0 Å². The van der Waals surface area contributed by atoms with E-state index in [2.05, 4.69) is 14.9 Å². The van der Waals surface area contributed by atoms with Crippen molar-refractivity contribution in [1.29, 1.82) is 0 Å². The molecule has 1 N–H and O–H groups in total. The van der Waals surface area contributed by atoms with Gasteiger partial charge in [-0.25, -0.2) is 4.98 Å². The van der Waals surface area contributed by atoms with E-state index < -0.39 is 0 Å². The lowest BCUT2D eigenvalue weighted by atomic mass is 10.1. The van der Waals surface area contributed by atoms with Crippen LogP contribution in [-0.4, -0.2) is 21.4 Å². The molecule has 0 spiro atoms. The Balaban J connectivity index is 1.82. The summed E-state index contributed by atoms with van der Waals surface area (Å²) >= 11 is 12.1. The maximum absolute atomic E-state index is 11.9. The first-order valence-corrected chi connectivity index (χ1v) is 7.53. The number of H-pyrrole nitrogens is 1. The molecule has 0 radical (unpaired) electrons. The quantitative estimate of drug-likeness (QED) is 0.924. The van der Waals surface area contributed by atoms with Crippen LogP contribution >= 0.6 is 23.2 Å². The van der Waals surface area contributed by atoms with Crippen LogP contribution in [0.4, 0.5) is 0 Å². The minimum Gasteiger partial charge on any atom is -0.311 e. The summed E-state index contributed by atoms with van der Waals surface area (Å²) in [6, 6.07) is 5.54. The molecular weight excluding hydrogens is 309 g/mol. The van der Waals surface area contributed by atoms with E-state index in [1.807, 2.05) is 12.1 Å². The molecule has 2 heterocycles. The second-order valence-electron chi connectivity index (χ2n) is 5.27. The molecule has 1 aromatic carbocycles. The van der Waals surface area contributed by atoms with Gasteiger partial charge in [0, 0.05) is 35.2 Å². The number of hydrogen-bond donors (Lipinski definition) is 1. The summed E-state index contributed by atoms with van der Waals surface area (Å²) in [6.07, 6.45) is 0.711. The third-order valence-corrected chi connectivity index (χ3v) is 4.27. The van der Waals surface area contributed by atoms with Crippen LogP contribution in [0.25, 0.3) is 0 Å². The fraction of sp³-hybridized carbons (Fsp3) is 0.333. The lowest BCUT2D eigenvalue weighted by Gasteiger charge is -2.27. The summed E-state index contributed by atoms with van der Waals surface area (Å²) < 4.78 is 0. The van der Waals surface area contributed by atoms with Gasteiger partial charge in [-0.2, -0.15) is 0 Å². The largest absolute Gasteiger partial charge is 0.311 e. The van der Waals surface area contributed by atoms with Crippen LogP contribution < -0.4 is 5.56 Å². The van der Waals surface area contributed by atoms with E-state index >= 15 is 0 Å². The zero-order valence-corrected chi connectivity index (χ0v) is 13.1. The Kier molecular flexibility index (Phi) is 4.02. The number of benzene rings is 1. The molecule has 1 aliphatic heterocycles. The minimum absolute atomic E-state index is 0.0123. The lowest BCUT2D eigenvalue weighted by molar-refractivity contribution is 0.240. The molecule has 3 rings (SSSR count). The van der Waals surface area contributed by atoms with Crippen LogP contribution in [0.15, 0.2) is 23.0 Å². The van der Waals surface area contributed by atoms with Gasteiger partial charge in [0.1, 0.15) is 5.82 Å². The Morgan fingerprint density at radius 2 is 2.19 bits per heavy atom. The number of rotatable bonds is 2. The summed E-state index contributed by atoms with van der Waals surface area (Å²) in [7, 11) is 0. The van der Waals surface area contributed by atoms with Crippen molar-refractivity contribution in [2.75, 3.05) is 6.54 Å². The highest BCUT2D eigenvalue weighted by Gasteiger charge is 2.21. The molecule has 110 valence electrons. The molecular formula is C15H15Cl2N3O. The Bertz CT molecular complexity index is 742. The molecule has 4 nitrogen and oxygen atoms in total. The molecule has 0 amide bonds. The second-order valence-corrected chi connectivity index (χ2v) is 6.12. The monoisotopic (exact) mass is 323 g/mol. The first-order valence-electron chi connectivity index (χ1n) is 6.78. The van der Waals surface area contributed by atoms with Crippen LogP contribution in [0.2, 0.25) is 10.0 Å². The van der Waals surface area contributed by atoms with E-state index in [9.17, 15) is 4.79 Å². The predicted molar refractivity (Wildman–Crippen MR) is 83.9 cm³/mol. The highest BCUT2D eigenvalue weighted by Crippen LogP contribution is 2.24. The van der Waals surface area contributed by atoms with Crippen LogP contribution in [0.5, 0.6) is 0 Å². The molecule has 0 saturated heterocycles. The molecule has 0 bridgehead atoms. The fourth-order valence-corrected chi connectivity index (χ4v) is 3.11. The maximum Gasteiger partial charge on any atom is 0.254 e. The van der Waals surface area contributed by atoms with E-state index in [1.54, 1.807) is 13.0 Å². The van der Waals surface area contributed by atoms with Crippen molar-refractivity contribution in [3.05, 3.63) is 61.2 Å². The lowest BCUT2D eigenvalue weighted by Crippen LogP contribution is -2.35. The number of nitrogens with one attached hydrogen (secondary N) is 1. The summed E-state index contributed by atoms with van der Waals surface area (Å²) in [6.45, 7) is 4.01. The normalized spacial score (nSPS) is 15.0. The van der Waals surface area contributed by atoms with E-state index in [0.717, 1.165) is 29.9 Å². The van der Waals surface area contributed by atoms with Crippen LogP contribution in [0.1, 0.15) is 22.6 Å². The molecule has 0 unspecified atom stereocenters. The SMILES string of the molecule is Cc1nc2c(c(=O)[nH]1)CCN(Cc1ccc(Cl)cc1Cl)C2. The average molecular weight is 324 g/mol. The van der Waals surface area contributed by atoms with E-state index in [0.29, 0.717) is 28.8 Å². The van der Waals surface area contributed by atoms with Crippen molar-refractivity contribution in [2.45, 2.75) is 26.4 Å². The van der Waals surface area contributed by atoms with Gasteiger partial charge in [-0.1, -0.05) is 29.3 Å². The van der Waals surface area contributed by atoms with Gasteiger partial charge in [0.25, 0.3) is 5.56 Å². The zero-order valence-electron chi connectivity index (χ0n) is 11.6. The molecule has 0 aliphatic carbocycles. The minimum atomic E-state index is -0.0123. The Hall–Kier alpha value is -1.36. The summed E-state index contributed by atoms with van der Waals surface area (Å²) in [5.41, 5.74) is 2.69. The van der Waals surface area contributed by atoms with Gasteiger partial charge in [-0.15, -0.1) is 0 Å². The van der Waals surface area contributed by atoms with Crippen molar-refractivity contribution in [2.24, 2.45) is 0 Å². The van der Waals surface area contributed by atoms with Gasteiger partial charge in [-0.05, 0) is 31.0 Å². The van der Waals surface area contributed by atoms with Crippen molar-refractivity contribution >= 4 is 23.2 Å². The van der Waals surface area contributed by atoms with Gasteiger partial charge in [0.2, 0.25) is 0 Å². The summed E-state index contributed by atoms with van der Waals surface area (Å²) in [4.78, 5) is 21.3. The summed E-state index contributed by atoms with van der Waals surface area (Å²) in [5.74, 6) is 0.658. The highest BCUT2D eigenvalue weighted by atomic mass is 35.5. The van der Waals surface area contributed by atoms with Crippen LogP contribution in [-0.2, 0) is 19.5 Å². The smallest absolute Gasteiger partial charge is 0.254 e. The fourth-order valence-electron chi connectivity index (χ4n) is 2.64. The van der Waals surface area contributed by atoms with Crippen molar-refractivity contribution in [3.63, 3.8) is 0 Å². The molecule has 1 aliphatic rings. The van der Waals surface area contributed by atoms with E-state index in [1.165, 1.54) is 0 Å². The van der Waals surface area contributed by atoms with E-state index in [4.69, 9.17) is 23.2 Å². The Labute approximate surface area is 132 Å². The maximum atomic E-state index is 11.9. The molecule has 0 fully saturated rings. The number of fused-ring (bicyclic) bond motifs is 1. The number of aromatic amines is 1. The topological polar surface area (TPSA) is 49.0 Å². The zero-order chi connectivity index (χ0) is 15.0. The molecule has 0 atom stereocenters. The Morgan fingerprint density at radius 1 is 1.38 bits per heavy atom. The van der Waals surface area contributed by atoms with Crippen LogP contribution in [0.3, 0.4) is 0 Å². The first kappa shape index (κ1) is 14.6. The first-order chi connectivity index (χ1) is 10.0. The number of aromatic nitrogens is 2. The highest BCUT2D eigenvalue weighted by molar-refractivity contribution is 6.35. The predicted octanol–water partition coefficient (Wildman–Crippen LogP) is 2.94. The van der Waals surface area contributed by atoms with Crippen molar-refractivity contribution in [1.82, 2.24) is 14.9 Å². The number of nitrogens with zero attached hydrogens (tertiary/aromatic N) is 2. The number of hydrogen-bond acceptors (Lipinski definition) is 3. The number of halogens is 2. The molecule has 21 heavy (non-hydrogen) atoms. The Morgan fingerprint density at radius 3 is 2.95 bits per heavy atom. The number of aryl methyl sites for hydroxylation is 1. The molecule has 1 aromatic heterocycles. The van der Waals surface area contributed by atoms with Crippen LogP contribution in [0, 0.1) is 6.92 Å². The molecule has 0 saturated carbocycles. The standard InChI is InChI=1S/C15H15Cl2N3O/c1-9-18-14-8-20(5-4-12(14)15(21)19-9)7-10-2-3-11(16)6-13(10)17/h2-3,6H,4-5,7-8H2,1H3,(H,18,19,21). The molecule has 6 heteroatoms. The van der Waals surface area contributed by atoms with Gasteiger partial charge in [-0.3, -0.25) is 9.69 Å². The van der Waals surface area contributed by atoms with Gasteiger partial charge in [0.05, 0.1) is 5.69 Å². The third-order valence-electron chi connectivity index (χ3n) is 3.68. The van der Waals surface area contributed by atoms with Crippen molar-refractivity contribution in [3.8, 4) is 0 Å². The average Bonchev–Trinajstić information content (AvgIpc) is 2.41. The second kappa shape index (κ2) is 5.79. The molecule has 2 aromatic rings. The van der Waals surface area contributed by atoms with Gasteiger partial charge in [0.15, 0.2) is 0 Å². The third kappa shape index (κ3) is 3.12.